The van der Waals surface area contributed by atoms with Gasteiger partial charge in [-0.3, -0.25) is 4.90 Å². The van der Waals surface area contributed by atoms with Gasteiger partial charge < -0.3 is 10.0 Å². The summed E-state index contributed by atoms with van der Waals surface area (Å²) in [5.41, 5.74) is 2.15. The van der Waals surface area contributed by atoms with Crippen molar-refractivity contribution in [3.63, 3.8) is 0 Å². The first kappa shape index (κ1) is 12.4. The van der Waals surface area contributed by atoms with E-state index in [1.165, 1.54) is 0 Å². The minimum Gasteiger partial charge on any atom is -0.508 e. The molecule has 17 heavy (non-hydrogen) atoms. The van der Waals surface area contributed by atoms with E-state index in [0.29, 0.717) is 11.8 Å². The molecule has 1 heterocycles. The first-order valence-electron chi connectivity index (χ1n) is 6.30. The zero-order valence-electron chi connectivity index (χ0n) is 11.0. The molecular weight excluding hydrogens is 212 g/mol. The van der Waals surface area contributed by atoms with Crippen LogP contribution in [0.1, 0.15) is 24.1 Å². The maximum Gasteiger partial charge on any atom is 0.120 e. The Balaban J connectivity index is 2.11. The van der Waals surface area contributed by atoms with Crippen molar-refractivity contribution < 1.29 is 5.11 Å². The van der Waals surface area contributed by atoms with Crippen LogP contribution in [0.3, 0.4) is 0 Å². The van der Waals surface area contributed by atoms with Crippen LogP contribution < -0.4 is 0 Å². The fourth-order valence-electron chi connectivity index (χ4n) is 2.41. The highest BCUT2D eigenvalue weighted by atomic mass is 16.3. The highest BCUT2D eigenvalue weighted by Crippen LogP contribution is 2.29. The molecule has 0 saturated carbocycles. The molecule has 0 radical (unpaired) electrons. The van der Waals surface area contributed by atoms with E-state index in [4.69, 9.17) is 0 Å². The van der Waals surface area contributed by atoms with Crippen LogP contribution in [-0.2, 0) is 0 Å². The molecule has 1 unspecified atom stereocenters. The predicted octanol–water partition coefficient (Wildman–Crippen LogP) is 2.01. The van der Waals surface area contributed by atoms with Gasteiger partial charge in [0.25, 0.3) is 0 Å². The number of aromatic hydroxyl groups is 1. The maximum atomic E-state index is 10.0. The molecule has 1 aromatic rings. The second kappa shape index (κ2) is 5.07. The molecule has 1 aromatic carbocycles. The second-order valence-electron chi connectivity index (χ2n) is 5.08. The number of rotatable bonds is 2. The van der Waals surface area contributed by atoms with Crippen LogP contribution in [0, 0.1) is 6.92 Å². The Hall–Kier alpha value is -1.06. The molecule has 0 bridgehead atoms. The van der Waals surface area contributed by atoms with Gasteiger partial charge >= 0.3 is 0 Å². The van der Waals surface area contributed by atoms with Gasteiger partial charge in [-0.15, -0.1) is 0 Å². The lowest BCUT2D eigenvalue weighted by molar-refractivity contribution is 0.118. The summed E-state index contributed by atoms with van der Waals surface area (Å²) in [6.45, 7) is 8.55. The van der Waals surface area contributed by atoms with Crippen LogP contribution in [0.4, 0.5) is 0 Å². The normalized spacial score (nSPS) is 20.4. The van der Waals surface area contributed by atoms with Gasteiger partial charge in [-0.05, 0) is 32.5 Å². The number of phenols is 1. The molecule has 0 aromatic heterocycles. The number of hydrogen-bond donors (Lipinski definition) is 1. The second-order valence-corrected chi connectivity index (χ2v) is 5.08. The fraction of sp³-hybridized carbons (Fsp3) is 0.571. The van der Waals surface area contributed by atoms with E-state index in [2.05, 4.69) is 29.8 Å². The van der Waals surface area contributed by atoms with Gasteiger partial charge in [0, 0.05) is 37.8 Å². The molecular formula is C14H22N2O. The Morgan fingerprint density at radius 1 is 1.18 bits per heavy atom. The Morgan fingerprint density at radius 2 is 1.82 bits per heavy atom. The molecule has 1 atom stereocenters. The third-order valence-electron chi connectivity index (χ3n) is 3.72. The monoisotopic (exact) mass is 234 g/mol. The van der Waals surface area contributed by atoms with Crippen molar-refractivity contribution in [2.45, 2.75) is 19.9 Å². The topological polar surface area (TPSA) is 26.7 Å². The highest BCUT2D eigenvalue weighted by molar-refractivity contribution is 5.37. The largest absolute Gasteiger partial charge is 0.508 e. The highest BCUT2D eigenvalue weighted by Gasteiger charge is 2.21. The van der Waals surface area contributed by atoms with Crippen LogP contribution >= 0.6 is 0 Å². The maximum absolute atomic E-state index is 10.0. The SMILES string of the molecule is Cc1ccc(C(C)N2CCN(C)CC2)c(O)c1. The van der Waals surface area contributed by atoms with Crippen molar-refractivity contribution in [2.24, 2.45) is 0 Å². The number of phenolic OH excluding ortho intramolecular Hbond substituents is 1. The first-order valence-corrected chi connectivity index (χ1v) is 6.30. The Labute approximate surface area is 104 Å². The van der Waals surface area contributed by atoms with Crippen molar-refractivity contribution in [1.29, 1.82) is 0 Å². The van der Waals surface area contributed by atoms with E-state index in [9.17, 15) is 5.11 Å². The number of benzene rings is 1. The molecule has 1 saturated heterocycles. The average Bonchev–Trinajstić information content (AvgIpc) is 2.29. The smallest absolute Gasteiger partial charge is 0.120 e. The predicted molar refractivity (Wildman–Crippen MR) is 70.3 cm³/mol. The molecule has 0 amide bonds. The summed E-state index contributed by atoms with van der Waals surface area (Å²) < 4.78 is 0. The molecule has 1 aliphatic rings. The lowest BCUT2D eigenvalue weighted by Gasteiger charge is -2.36. The first-order chi connectivity index (χ1) is 8.08. The zero-order chi connectivity index (χ0) is 12.4. The van der Waals surface area contributed by atoms with Crippen LogP contribution in [-0.4, -0.2) is 48.1 Å². The summed E-state index contributed by atoms with van der Waals surface area (Å²) in [5.74, 6) is 0.427. The van der Waals surface area contributed by atoms with E-state index in [1.807, 2.05) is 19.1 Å². The molecule has 1 aliphatic heterocycles. The quantitative estimate of drug-likeness (QED) is 0.848. The van der Waals surface area contributed by atoms with Crippen LogP contribution in [0.15, 0.2) is 18.2 Å². The molecule has 1 N–H and O–H groups in total. The Morgan fingerprint density at radius 3 is 2.41 bits per heavy atom. The number of hydrogen-bond acceptors (Lipinski definition) is 3. The van der Waals surface area contributed by atoms with Crippen molar-refractivity contribution in [3.8, 4) is 5.75 Å². The van der Waals surface area contributed by atoms with E-state index in [0.717, 1.165) is 37.3 Å². The third kappa shape index (κ3) is 2.79. The summed E-state index contributed by atoms with van der Waals surface area (Å²) in [6.07, 6.45) is 0. The van der Waals surface area contributed by atoms with E-state index in [-0.39, 0.29) is 0 Å². The lowest BCUT2D eigenvalue weighted by Crippen LogP contribution is -2.45. The number of piperazine rings is 1. The minimum absolute atomic E-state index is 0.296. The molecule has 1 fully saturated rings. The Bertz CT molecular complexity index is 384. The van der Waals surface area contributed by atoms with Gasteiger partial charge in [0.1, 0.15) is 5.75 Å². The van der Waals surface area contributed by atoms with Crippen LogP contribution in [0.2, 0.25) is 0 Å². The van der Waals surface area contributed by atoms with Gasteiger partial charge in [-0.1, -0.05) is 12.1 Å². The number of likely N-dealkylation sites (N-methyl/N-ethyl adjacent to an activating group) is 1. The van der Waals surface area contributed by atoms with Gasteiger partial charge in [-0.25, -0.2) is 0 Å². The summed E-state index contributed by atoms with van der Waals surface area (Å²) >= 11 is 0. The van der Waals surface area contributed by atoms with Crippen LogP contribution in [0.25, 0.3) is 0 Å². The van der Waals surface area contributed by atoms with Crippen molar-refractivity contribution >= 4 is 0 Å². The van der Waals surface area contributed by atoms with E-state index < -0.39 is 0 Å². The summed E-state index contributed by atoms with van der Waals surface area (Å²) in [7, 11) is 2.16. The lowest BCUT2D eigenvalue weighted by atomic mass is 10.0. The van der Waals surface area contributed by atoms with Gasteiger partial charge in [0.15, 0.2) is 0 Å². The van der Waals surface area contributed by atoms with Crippen LogP contribution in [0.5, 0.6) is 5.75 Å². The molecule has 3 nitrogen and oxygen atoms in total. The third-order valence-corrected chi connectivity index (χ3v) is 3.72. The number of aryl methyl sites for hydroxylation is 1. The van der Waals surface area contributed by atoms with Gasteiger partial charge in [-0.2, -0.15) is 0 Å². The van der Waals surface area contributed by atoms with E-state index >= 15 is 0 Å². The van der Waals surface area contributed by atoms with Crippen molar-refractivity contribution in [1.82, 2.24) is 9.80 Å². The zero-order valence-corrected chi connectivity index (χ0v) is 11.0. The Kier molecular flexibility index (Phi) is 3.69. The summed E-state index contributed by atoms with van der Waals surface area (Å²) in [6, 6.07) is 6.27. The molecule has 0 aliphatic carbocycles. The standard InChI is InChI=1S/C14H22N2O/c1-11-4-5-13(14(17)10-11)12(2)16-8-6-15(3)7-9-16/h4-5,10,12,17H,6-9H2,1-3H3. The number of nitrogens with zero attached hydrogens (tertiary/aromatic N) is 2. The van der Waals surface area contributed by atoms with E-state index in [1.54, 1.807) is 0 Å². The molecule has 0 spiro atoms. The fourth-order valence-corrected chi connectivity index (χ4v) is 2.41. The molecule has 94 valence electrons. The average molecular weight is 234 g/mol. The van der Waals surface area contributed by atoms with Gasteiger partial charge in [0.2, 0.25) is 0 Å². The molecule has 3 heteroatoms. The van der Waals surface area contributed by atoms with Crippen molar-refractivity contribution in [2.75, 3.05) is 33.2 Å². The van der Waals surface area contributed by atoms with Crippen molar-refractivity contribution in [3.05, 3.63) is 29.3 Å². The van der Waals surface area contributed by atoms with Gasteiger partial charge in [0.05, 0.1) is 0 Å². The summed E-state index contributed by atoms with van der Waals surface area (Å²) in [5, 5.41) is 10.0. The minimum atomic E-state index is 0.296. The molecule has 2 rings (SSSR count). The summed E-state index contributed by atoms with van der Waals surface area (Å²) in [4.78, 5) is 4.78.